The summed E-state index contributed by atoms with van der Waals surface area (Å²) in [5.74, 6) is 0.497. The van der Waals surface area contributed by atoms with Crippen LogP contribution in [-0.4, -0.2) is 5.91 Å². The molecule has 0 saturated carbocycles. The lowest BCUT2D eigenvalue weighted by molar-refractivity contribution is -0.123. The Balaban J connectivity index is 2.01. The molecule has 0 spiro atoms. The summed E-state index contributed by atoms with van der Waals surface area (Å²) in [5.41, 5.74) is 7.89. The molecule has 0 aliphatic carbocycles. The molecule has 1 amide bonds. The van der Waals surface area contributed by atoms with Gasteiger partial charge in [0.1, 0.15) is 11.8 Å². The van der Waals surface area contributed by atoms with Gasteiger partial charge in [0, 0.05) is 0 Å². The first kappa shape index (κ1) is 13.4. The first-order valence-corrected chi connectivity index (χ1v) is 6.24. The highest BCUT2D eigenvalue weighted by Crippen LogP contribution is 2.16. The second-order valence-corrected chi connectivity index (χ2v) is 4.63. The fourth-order valence-electron chi connectivity index (χ4n) is 1.84. The highest BCUT2D eigenvalue weighted by Gasteiger charge is 2.19. The summed E-state index contributed by atoms with van der Waals surface area (Å²) in [6.45, 7) is 3.85. The Hall–Kier alpha value is -2.07. The maximum Gasteiger partial charge on any atom is 0.242 e. The molecular weight excluding hydrogens is 240 g/mol. The summed E-state index contributed by atoms with van der Waals surface area (Å²) < 4.78 is 5.24. The standard InChI is InChI=1S/C15H18N2O2/c1-10-5-7-12(8-6-10)14(16)15(18)17-11(2)13-4-3-9-19-13/h3-9,11,14H,16H2,1-2H3,(H,17,18)/t11-,14?/m1/s1. The van der Waals surface area contributed by atoms with E-state index in [2.05, 4.69) is 5.32 Å². The van der Waals surface area contributed by atoms with Crippen LogP contribution in [0.4, 0.5) is 0 Å². The van der Waals surface area contributed by atoms with Gasteiger partial charge >= 0.3 is 0 Å². The smallest absolute Gasteiger partial charge is 0.242 e. The average Bonchev–Trinajstić information content (AvgIpc) is 2.92. The molecule has 0 saturated heterocycles. The van der Waals surface area contributed by atoms with Crippen LogP contribution in [0.2, 0.25) is 0 Å². The number of amides is 1. The lowest BCUT2D eigenvalue weighted by Crippen LogP contribution is -2.35. The van der Waals surface area contributed by atoms with Gasteiger partial charge in [-0.05, 0) is 31.5 Å². The van der Waals surface area contributed by atoms with Crippen molar-refractivity contribution in [1.29, 1.82) is 0 Å². The molecule has 1 unspecified atom stereocenters. The summed E-state index contributed by atoms with van der Waals surface area (Å²) in [6.07, 6.45) is 1.58. The number of rotatable bonds is 4. The van der Waals surface area contributed by atoms with Crippen LogP contribution >= 0.6 is 0 Å². The Morgan fingerprint density at radius 1 is 1.26 bits per heavy atom. The van der Waals surface area contributed by atoms with Crippen molar-refractivity contribution in [3.63, 3.8) is 0 Å². The fraction of sp³-hybridized carbons (Fsp3) is 0.267. The van der Waals surface area contributed by atoms with Gasteiger partial charge in [0.05, 0.1) is 12.3 Å². The van der Waals surface area contributed by atoms with E-state index in [1.54, 1.807) is 12.3 Å². The van der Waals surface area contributed by atoms with E-state index in [9.17, 15) is 4.79 Å². The Kier molecular flexibility index (Phi) is 4.02. The van der Waals surface area contributed by atoms with Gasteiger partial charge in [0.15, 0.2) is 0 Å². The summed E-state index contributed by atoms with van der Waals surface area (Å²) in [7, 11) is 0. The molecule has 19 heavy (non-hydrogen) atoms. The minimum absolute atomic E-state index is 0.195. The van der Waals surface area contributed by atoms with Crippen molar-refractivity contribution in [3.05, 3.63) is 59.5 Å². The van der Waals surface area contributed by atoms with Crippen molar-refractivity contribution in [3.8, 4) is 0 Å². The molecule has 0 aliphatic heterocycles. The average molecular weight is 258 g/mol. The van der Waals surface area contributed by atoms with Crippen LogP contribution in [0.1, 0.15) is 35.9 Å². The zero-order valence-electron chi connectivity index (χ0n) is 11.1. The van der Waals surface area contributed by atoms with Crippen LogP contribution in [0.15, 0.2) is 47.1 Å². The van der Waals surface area contributed by atoms with E-state index in [0.29, 0.717) is 5.76 Å². The van der Waals surface area contributed by atoms with E-state index < -0.39 is 6.04 Å². The largest absolute Gasteiger partial charge is 0.467 e. The van der Waals surface area contributed by atoms with Crippen LogP contribution in [-0.2, 0) is 4.79 Å². The molecule has 3 N–H and O–H groups in total. The Morgan fingerprint density at radius 3 is 2.53 bits per heavy atom. The minimum atomic E-state index is -0.669. The van der Waals surface area contributed by atoms with E-state index in [0.717, 1.165) is 11.1 Å². The molecule has 1 aromatic carbocycles. The van der Waals surface area contributed by atoms with Crippen LogP contribution in [0, 0.1) is 6.92 Å². The summed E-state index contributed by atoms with van der Waals surface area (Å²) in [4.78, 5) is 12.1. The van der Waals surface area contributed by atoms with Crippen LogP contribution in [0.5, 0.6) is 0 Å². The van der Waals surface area contributed by atoms with Crippen molar-refractivity contribution in [2.24, 2.45) is 5.73 Å². The molecule has 2 rings (SSSR count). The maximum atomic E-state index is 12.1. The van der Waals surface area contributed by atoms with Crippen molar-refractivity contribution < 1.29 is 9.21 Å². The molecule has 1 heterocycles. The molecular formula is C15H18N2O2. The van der Waals surface area contributed by atoms with Gasteiger partial charge in [-0.3, -0.25) is 4.79 Å². The SMILES string of the molecule is Cc1ccc(C(N)C(=O)N[C@H](C)c2ccco2)cc1. The topological polar surface area (TPSA) is 68.3 Å². The zero-order valence-corrected chi connectivity index (χ0v) is 11.1. The van der Waals surface area contributed by atoms with Gasteiger partial charge in [-0.1, -0.05) is 29.8 Å². The lowest BCUT2D eigenvalue weighted by atomic mass is 10.0. The summed E-state index contributed by atoms with van der Waals surface area (Å²) in [5, 5.41) is 2.84. The lowest BCUT2D eigenvalue weighted by Gasteiger charge is -2.16. The number of nitrogens with one attached hydrogen (secondary N) is 1. The molecule has 2 atom stereocenters. The van der Waals surface area contributed by atoms with Crippen molar-refractivity contribution >= 4 is 5.91 Å². The van der Waals surface area contributed by atoms with Crippen molar-refractivity contribution in [1.82, 2.24) is 5.32 Å². The number of hydrogen-bond acceptors (Lipinski definition) is 3. The third-order valence-electron chi connectivity index (χ3n) is 3.05. The number of carbonyl (C=O) groups is 1. The molecule has 0 radical (unpaired) electrons. The quantitative estimate of drug-likeness (QED) is 0.885. The molecule has 0 aliphatic rings. The molecule has 1 aromatic heterocycles. The second kappa shape index (κ2) is 5.71. The number of furan rings is 1. The van der Waals surface area contributed by atoms with Gasteiger partial charge in [-0.25, -0.2) is 0 Å². The summed E-state index contributed by atoms with van der Waals surface area (Å²) in [6, 6.07) is 10.4. The van der Waals surface area contributed by atoms with E-state index in [1.165, 1.54) is 0 Å². The highest BCUT2D eigenvalue weighted by molar-refractivity contribution is 5.83. The van der Waals surface area contributed by atoms with Gasteiger partial charge < -0.3 is 15.5 Å². The Labute approximate surface area is 112 Å². The predicted molar refractivity (Wildman–Crippen MR) is 73.4 cm³/mol. The van der Waals surface area contributed by atoms with Gasteiger partial charge in [-0.15, -0.1) is 0 Å². The number of benzene rings is 1. The first-order chi connectivity index (χ1) is 9.08. The van der Waals surface area contributed by atoms with E-state index >= 15 is 0 Å². The van der Waals surface area contributed by atoms with Crippen molar-refractivity contribution in [2.45, 2.75) is 25.9 Å². The van der Waals surface area contributed by atoms with Gasteiger partial charge in [0.25, 0.3) is 0 Å². The van der Waals surface area contributed by atoms with E-state index in [-0.39, 0.29) is 11.9 Å². The third-order valence-corrected chi connectivity index (χ3v) is 3.05. The van der Waals surface area contributed by atoms with Crippen LogP contribution < -0.4 is 11.1 Å². The Bertz CT molecular complexity index is 532. The minimum Gasteiger partial charge on any atom is -0.467 e. The third kappa shape index (κ3) is 3.23. The van der Waals surface area contributed by atoms with E-state index in [1.807, 2.05) is 44.2 Å². The van der Waals surface area contributed by atoms with Crippen LogP contribution in [0.25, 0.3) is 0 Å². The van der Waals surface area contributed by atoms with Gasteiger partial charge in [-0.2, -0.15) is 0 Å². The predicted octanol–water partition coefficient (Wildman–Crippen LogP) is 2.47. The first-order valence-electron chi connectivity index (χ1n) is 6.24. The molecule has 2 aromatic rings. The number of aryl methyl sites for hydroxylation is 1. The Morgan fingerprint density at radius 2 is 1.95 bits per heavy atom. The van der Waals surface area contributed by atoms with Crippen molar-refractivity contribution in [2.75, 3.05) is 0 Å². The summed E-state index contributed by atoms with van der Waals surface area (Å²) >= 11 is 0. The van der Waals surface area contributed by atoms with Crippen LogP contribution in [0.3, 0.4) is 0 Å². The molecule has 0 fully saturated rings. The highest BCUT2D eigenvalue weighted by atomic mass is 16.3. The monoisotopic (exact) mass is 258 g/mol. The number of nitrogens with two attached hydrogens (primary N) is 1. The van der Waals surface area contributed by atoms with Gasteiger partial charge in [0.2, 0.25) is 5.91 Å². The van der Waals surface area contributed by atoms with E-state index in [4.69, 9.17) is 10.2 Å². The molecule has 100 valence electrons. The number of carbonyl (C=O) groups excluding carboxylic acids is 1. The second-order valence-electron chi connectivity index (χ2n) is 4.63. The fourth-order valence-corrected chi connectivity index (χ4v) is 1.84. The normalized spacial score (nSPS) is 13.8. The maximum absolute atomic E-state index is 12.1. The molecule has 4 heteroatoms. The number of hydrogen-bond donors (Lipinski definition) is 2. The zero-order chi connectivity index (χ0) is 13.8. The molecule has 0 bridgehead atoms. The molecule has 4 nitrogen and oxygen atoms in total.